The third kappa shape index (κ3) is 3.21. The molecular formula is C18H17N5O2. The molecule has 0 spiro atoms. The Morgan fingerprint density at radius 3 is 3.00 bits per heavy atom. The summed E-state index contributed by atoms with van der Waals surface area (Å²) in [5.41, 5.74) is 2.00. The summed E-state index contributed by atoms with van der Waals surface area (Å²) in [5.74, 6) is 0.149. The van der Waals surface area contributed by atoms with E-state index in [9.17, 15) is 9.59 Å². The van der Waals surface area contributed by atoms with Crippen LogP contribution in [0.1, 0.15) is 18.4 Å². The largest absolute Gasteiger partial charge is 0.344 e. The summed E-state index contributed by atoms with van der Waals surface area (Å²) in [5, 5.41) is 10.9. The van der Waals surface area contributed by atoms with Crippen molar-refractivity contribution >= 4 is 28.5 Å². The minimum absolute atomic E-state index is 0.0888. The van der Waals surface area contributed by atoms with Crippen LogP contribution in [0.4, 0.5) is 5.82 Å². The maximum atomic E-state index is 12.1. The molecule has 1 aromatic carbocycles. The molecule has 1 fully saturated rings. The summed E-state index contributed by atoms with van der Waals surface area (Å²) in [7, 11) is 0. The highest BCUT2D eigenvalue weighted by atomic mass is 16.2. The van der Waals surface area contributed by atoms with Crippen LogP contribution in [0.5, 0.6) is 0 Å². The molecule has 2 aromatic heterocycles. The Morgan fingerprint density at radius 2 is 2.16 bits per heavy atom. The Bertz CT molecular complexity index is 944. The van der Waals surface area contributed by atoms with Crippen LogP contribution >= 0.6 is 0 Å². The van der Waals surface area contributed by atoms with Crippen molar-refractivity contribution in [3.8, 4) is 0 Å². The lowest BCUT2D eigenvalue weighted by atomic mass is 10.1. The molecule has 126 valence electrons. The van der Waals surface area contributed by atoms with E-state index in [1.54, 1.807) is 16.9 Å². The summed E-state index contributed by atoms with van der Waals surface area (Å²) in [6.07, 6.45) is 4.49. The molecule has 0 radical (unpaired) electrons. The van der Waals surface area contributed by atoms with E-state index in [1.807, 2.05) is 36.5 Å². The third-order valence-corrected chi connectivity index (χ3v) is 4.25. The van der Waals surface area contributed by atoms with Gasteiger partial charge in [0.1, 0.15) is 6.04 Å². The molecule has 0 bridgehead atoms. The molecule has 0 saturated carbocycles. The molecule has 2 amide bonds. The van der Waals surface area contributed by atoms with Crippen molar-refractivity contribution in [3.63, 3.8) is 0 Å². The smallest absolute Gasteiger partial charge is 0.248 e. The van der Waals surface area contributed by atoms with E-state index in [-0.39, 0.29) is 11.8 Å². The van der Waals surface area contributed by atoms with Crippen LogP contribution in [-0.4, -0.2) is 32.6 Å². The summed E-state index contributed by atoms with van der Waals surface area (Å²) in [6, 6.07) is 11.2. The number of pyridine rings is 1. The molecule has 1 atom stereocenters. The van der Waals surface area contributed by atoms with E-state index in [1.165, 1.54) is 0 Å². The van der Waals surface area contributed by atoms with Gasteiger partial charge in [0.2, 0.25) is 11.8 Å². The normalized spacial score (nSPS) is 16.8. The quantitative estimate of drug-likeness (QED) is 0.759. The first kappa shape index (κ1) is 15.3. The minimum atomic E-state index is -0.472. The average Bonchev–Trinajstić information content (AvgIpc) is 3.24. The van der Waals surface area contributed by atoms with E-state index in [0.29, 0.717) is 25.2 Å². The molecule has 7 nitrogen and oxygen atoms in total. The van der Waals surface area contributed by atoms with Crippen LogP contribution in [0.2, 0.25) is 0 Å². The molecule has 3 aromatic rings. The van der Waals surface area contributed by atoms with Gasteiger partial charge in [0.25, 0.3) is 0 Å². The van der Waals surface area contributed by atoms with Gasteiger partial charge < -0.3 is 10.6 Å². The predicted molar refractivity (Wildman–Crippen MR) is 92.9 cm³/mol. The van der Waals surface area contributed by atoms with Gasteiger partial charge in [0.15, 0.2) is 5.82 Å². The highest BCUT2D eigenvalue weighted by Crippen LogP contribution is 2.17. The number of anilines is 1. The minimum Gasteiger partial charge on any atom is -0.344 e. The number of benzene rings is 1. The van der Waals surface area contributed by atoms with Crippen LogP contribution in [0.25, 0.3) is 10.9 Å². The molecule has 0 unspecified atom stereocenters. The second kappa shape index (κ2) is 6.35. The molecule has 1 aliphatic rings. The van der Waals surface area contributed by atoms with Gasteiger partial charge in [0.05, 0.1) is 12.1 Å². The van der Waals surface area contributed by atoms with Crippen molar-refractivity contribution < 1.29 is 9.59 Å². The maximum absolute atomic E-state index is 12.1. The lowest BCUT2D eigenvalue weighted by Gasteiger charge is -2.09. The molecule has 4 rings (SSSR count). The Hall–Kier alpha value is -3.22. The van der Waals surface area contributed by atoms with Crippen molar-refractivity contribution in [2.45, 2.75) is 25.4 Å². The van der Waals surface area contributed by atoms with Crippen LogP contribution in [0.3, 0.4) is 0 Å². The number of para-hydroxylation sites is 1. The van der Waals surface area contributed by atoms with Gasteiger partial charge in [-0.3, -0.25) is 19.3 Å². The number of amides is 2. The molecule has 7 heteroatoms. The monoisotopic (exact) mass is 335 g/mol. The second-order valence-corrected chi connectivity index (χ2v) is 6.04. The zero-order chi connectivity index (χ0) is 17.2. The first-order valence-corrected chi connectivity index (χ1v) is 8.15. The number of hydrogen-bond acceptors (Lipinski definition) is 4. The van der Waals surface area contributed by atoms with Crippen molar-refractivity contribution in [3.05, 3.63) is 54.4 Å². The van der Waals surface area contributed by atoms with Gasteiger partial charge in [-0.25, -0.2) is 0 Å². The van der Waals surface area contributed by atoms with Crippen LogP contribution in [0.15, 0.2) is 48.8 Å². The molecule has 1 saturated heterocycles. The topological polar surface area (TPSA) is 88.9 Å². The van der Waals surface area contributed by atoms with Crippen molar-refractivity contribution in [2.24, 2.45) is 0 Å². The highest BCUT2D eigenvalue weighted by Gasteiger charge is 2.27. The van der Waals surface area contributed by atoms with Crippen molar-refractivity contribution in [1.82, 2.24) is 20.1 Å². The summed E-state index contributed by atoms with van der Waals surface area (Å²) >= 11 is 0. The Labute approximate surface area is 144 Å². The fourth-order valence-electron chi connectivity index (χ4n) is 3.01. The number of carbonyl (C=O) groups excluding carboxylic acids is 2. The van der Waals surface area contributed by atoms with E-state index in [0.717, 1.165) is 16.5 Å². The third-order valence-electron chi connectivity index (χ3n) is 4.25. The first-order chi connectivity index (χ1) is 12.2. The Balaban J connectivity index is 1.48. The average molecular weight is 335 g/mol. The number of aromatic nitrogens is 3. The van der Waals surface area contributed by atoms with E-state index in [2.05, 4.69) is 20.7 Å². The number of fused-ring (bicyclic) bond motifs is 1. The van der Waals surface area contributed by atoms with E-state index < -0.39 is 6.04 Å². The van der Waals surface area contributed by atoms with Crippen LogP contribution in [0, 0.1) is 0 Å². The van der Waals surface area contributed by atoms with Gasteiger partial charge in [-0.15, -0.1) is 0 Å². The number of rotatable bonds is 4. The zero-order valence-electron chi connectivity index (χ0n) is 13.5. The van der Waals surface area contributed by atoms with Gasteiger partial charge in [0, 0.05) is 30.3 Å². The van der Waals surface area contributed by atoms with Crippen molar-refractivity contribution in [1.29, 1.82) is 0 Å². The van der Waals surface area contributed by atoms with Crippen molar-refractivity contribution in [2.75, 3.05) is 5.32 Å². The van der Waals surface area contributed by atoms with Gasteiger partial charge in [-0.05, 0) is 18.1 Å². The lowest BCUT2D eigenvalue weighted by Crippen LogP contribution is -2.37. The molecule has 1 aliphatic heterocycles. The number of carbonyl (C=O) groups is 2. The number of nitrogens with zero attached hydrogens (tertiary/aromatic N) is 3. The van der Waals surface area contributed by atoms with Gasteiger partial charge in [-0.1, -0.05) is 24.3 Å². The lowest BCUT2D eigenvalue weighted by molar-refractivity contribution is -0.122. The molecule has 2 N–H and O–H groups in total. The fourth-order valence-corrected chi connectivity index (χ4v) is 3.01. The molecular weight excluding hydrogens is 318 g/mol. The number of hydrogen-bond donors (Lipinski definition) is 2. The Morgan fingerprint density at radius 1 is 1.28 bits per heavy atom. The van der Waals surface area contributed by atoms with Crippen LogP contribution in [-0.2, 0) is 16.1 Å². The van der Waals surface area contributed by atoms with Gasteiger partial charge in [-0.2, -0.15) is 5.10 Å². The van der Waals surface area contributed by atoms with Crippen LogP contribution < -0.4 is 10.6 Å². The van der Waals surface area contributed by atoms with E-state index in [4.69, 9.17) is 0 Å². The van der Waals surface area contributed by atoms with Gasteiger partial charge >= 0.3 is 0 Å². The Kier molecular flexibility index (Phi) is 3.89. The standard InChI is InChI=1S/C18H17N5O2/c24-16-7-6-14(20-16)18(25)21-15-8-10-23(22-15)11-13-4-1-3-12-5-2-9-19-17(12)13/h1-5,8-10,14H,6-7,11H2,(H,20,24)(H,21,22,25)/t14-/m1/s1. The highest BCUT2D eigenvalue weighted by molar-refractivity contribution is 5.98. The zero-order valence-corrected chi connectivity index (χ0v) is 13.5. The molecule has 3 heterocycles. The first-order valence-electron chi connectivity index (χ1n) is 8.15. The fraction of sp³-hybridized carbons (Fsp3) is 0.222. The number of nitrogens with one attached hydrogen (secondary N) is 2. The second-order valence-electron chi connectivity index (χ2n) is 6.04. The maximum Gasteiger partial charge on any atom is 0.248 e. The molecule has 0 aliphatic carbocycles. The van der Waals surface area contributed by atoms with E-state index >= 15 is 0 Å². The summed E-state index contributed by atoms with van der Waals surface area (Å²) in [4.78, 5) is 27.8. The SMILES string of the molecule is O=C1CC[C@H](C(=O)Nc2ccn(Cc3cccc4cccnc34)n2)N1. The predicted octanol–water partition coefficient (Wildman–Crippen LogP) is 1.70. The molecule has 25 heavy (non-hydrogen) atoms. The summed E-state index contributed by atoms with van der Waals surface area (Å²) in [6.45, 7) is 0.560. The summed E-state index contributed by atoms with van der Waals surface area (Å²) < 4.78 is 1.76.